The molecule has 0 radical (unpaired) electrons. The van der Waals surface area contributed by atoms with Crippen LogP contribution < -0.4 is 11.1 Å². The monoisotopic (exact) mass is 262 g/mol. The molecule has 100 valence electrons. The summed E-state index contributed by atoms with van der Waals surface area (Å²) in [5, 5.41) is 11.3. The zero-order valence-electron chi connectivity index (χ0n) is 9.64. The highest BCUT2D eigenvalue weighted by Crippen LogP contribution is 2.25. The molecule has 0 heterocycles. The Kier molecular flexibility index (Phi) is 4.55. The number of benzene rings is 1. The summed E-state index contributed by atoms with van der Waals surface area (Å²) in [5.74, 6) is -7.20. The van der Waals surface area contributed by atoms with Crippen molar-refractivity contribution in [2.75, 3.05) is 6.54 Å². The van der Waals surface area contributed by atoms with E-state index in [0.29, 0.717) is 12.5 Å². The molecule has 0 saturated carbocycles. The number of carbonyl (C=O) groups excluding carboxylic acids is 1. The first-order valence-electron chi connectivity index (χ1n) is 5.29. The van der Waals surface area contributed by atoms with Crippen molar-refractivity contribution in [2.24, 2.45) is 5.73 Å². The lowest BCUT2D eigenvalue weighted by Crippen LogP contribution is -2.40. The van der Waals surface area contributed by atoms with Crippen molar-refractivity contribution in [1.82, 2.24) is 5.32 Å². The summed E-state index contributed by atoms with van der Waals surface area (Å²) in [6.07, 6.45) is 0.500. The number of hydrogen-bond acceptors (Lipinski definition) is 3. The van der Waals surface area contributed by atoms with Crippen LogP contribution in [0.1, 0.15) is 23.7 Å². The van der Waals surface area contributed by atoms with Crippen LogP contribution in [0.15, 0.2) is 6.07 Å². The van der Waals surface area contributed by atoms with E-state index in [9.17, 15) is 18.0 Å². The third kappa shape index (κ3) is 2.73. The summed E-state index contributed by atoms with van der Waals surface area (Å²) < 4.78 is 39.2. The van der Waals surface area contributed by atoms with Crippen LogP contribution in [0.3, 0.4) is 0 Å². The average molecular weight is 262 g/mol. The molecular formula is C11H13F3N2O2. The predicted octanol–water partition coefficient (Wildman–Crippen LogP) is 1.28. The lowest BCUT2D eigenvalue weighted by Gasteiger charge is -2.15. The lowest BCUT2D eigenvalue weighted by molar-refractivity contribution is 0.0931. The van der Waals surface area contributed by atoms with Crippen molar-refractivity contribution in [1.29, 1.82) is 0 Å². The topological polar surface area (TPSA) is 75.3 Å². The summed E-state index contributed by atoms with van der Waals surface area (Å²) in [5.41, 5.74) is 4.57. The highest BCUT2D eigenvalue weighted by Gasteiger charge is 2.23. The Balaban J connectivity index is 3.07. The molecule has 1 aromatic rings. The fourth-order valence-corrected chi connectivity index (χ4v) is 1.35. The number of halogens is 3. The minimum absolute atomic E-state index is 0.125. The molecule has 1 unspecified atom stereocenters. The summed E-state index contributed by atoms with van der Waals surface area (Å²) in [7, 11) is 0. The lowest BCUT2D eigenvalue weighted by atomic mass is 10.1. The van der Waals surface area contributed by atoms with E-state index in [4.69, 9.17) is 10.8 Å². The van der Waals surface area contributed by atoms with Crippen molar-refractivity contribution in [2.45, 2.75) is 19.4 Å². The van der Waals surface area contributed by atoms with E-state index in [1.165, 1.54) is 0 Å². The fraction of sp³-hybridized carbons (Fsp3) is 0.364. The normalized spacial score (nSPS) is 12.3. The van der Waals surface area contributed by atoms with Gasteiger partial charge in [-0.25, -0.2) is 8.78 Å². The highest BCUT2D eigenvalue weighted by atomic mass is 19.2. The Morgan fingerprint density at radius 3 is 2.56 bits per heavy atom. The Hall–Kier alpha value is -1.76. The predicted molar refractivity (Wildman–Crippen MR) is 58.6 cm³/mol. The van der Waals surface area contributed by atoms with Gasteiger partial charge in [0.05, 0.1) is 5.56 Å². The van der Waals surface area contributed by atoms with Gasteiger partial charge in [0.2, 0.25) is 5.82 Å². The maximum absolute atomic E-state index is 13.4. The van der Waals surface area contributed by atoms with Gasteiger partial charge in [0.25, 0.3) is 5.91 Å². The Bertz CT molecular complexity index is 462. The molecule has 0 fully saturated rings. The van der Waals surface area contributed by atoms with Crippen LogP contribution in [0, 0.1) is 17.5 Å². The van der Waals surface area contributed by atoms with Crippen molar-refractivity contribution in [3.63, 3.8) is 0 Å². The zero-order valence-corrected chi connectivity index (χ0v) is 9.64. The first-order valence-corrected chi connectivity index (χ1v) is 5.29. The fourth-order valence-electron chi connectivity index (χ4n) is 1.35. The summed E-state index contributed by atoms with van der Waals surface area (Å²) in [6, 6.07) is -0.0182. The molecule has 1 atom stereocenters. The van der Waals surface area contributed by atoms with Crippen LogP contribution in [0.5, 0.6) is 5.75 Å². The van der Waals surface area contributed by atoms with E-state index >= 15 is 0 Å². The minimum atomic E-state index is -1.73. The number of nitrogens with two attached hydrogens (primary N) is 1. The molecule has 0 aromatic heterocycles. The molecule has 0 aliphatic rings. The summed E-state index contributed by atoms with van der Waals surface area (Å²) in [4.78, 5) is 11.6. The van der Waals surface area contributed by atoms with Crippen LogP contribution in [-0.4, -0.2) is 23.6 Å². The molecule has 1 rings (SSSR count). The maximum Gasteiger partial charge on any atom is 0.254 e. The highest BCUT2D eigenvalue weighted by molar-refractivity contribution is 5.95. The molecule has 0 aliphatic heterocycles. The van der Waals surface area contributed by atoms with E-state index < -0.39 is 40.7 Å². The second-order valence-corrected chi connectivity index (χ2v) is 3.70. The molecule has 0 saturated heterocycles. The smallest absolute Gasteiger partial charge is 0.254 e. The SMILES string of the molecule is CCC(CN)NC(=O)c1cc(F)c(F)c(O)c1F. The number of hydrogen-bond donors (Lipinski definition) is 3. The number of nitrogens with one attached hydrogen (secondary N) is 1. The molecule has 1 aromatic carbocycles. The zero-order chi connectivity index (χ0) is 13.9. The molecule has 7 heteroatoms. The second-order valence-electron chi connectivity index (χ2n) is 3.70. The van der Waals surface area contributed by atoms with Crippen molar-refractivity contribution in [3.05, 3.63) is 29.1 Å². The number of aromatic hydroxyl groups is 1. The van der Waals surface area contributed by atoms with Crippen molar-refractivity contribution in [3.8, 4) is 5.75 Å². The summed E-state index contributed by atoms with van der Waals surface area (Å²) in [6.45, 7) is 1.87. The molecule has 4 nitrogen and oxygen atoms in total. The van der Waals surface area contributed by atoms with Crippen LogP contribution in [-0.2, 0) is 0 Å². The number of phenolic OH excluding ortho intramolecular Hbond substituents is 1. The minimum Gasteiger partial charge on any atom is -0.503 e. The van der Waals surface area contributed by atoms with Gasteiger partial charge in [0.15, 0.2) is 17.4 Å². The molecule has 18 heavy (non-hydrogen) atoms. The van der Waals surface area contributed by atoms with Crippen LogP contribution >= 0.6 is 0 Å². The van der Waals surface area contributed by atoms with Gasteiger partial charge in [-0.15, -0.1) is 0 Å². The van der Waals surface area contributed by atoms with Crippen LogP contribution in [0.25, 0.3) is 0 Å². The third-order valence-corrected chi connectivity index (χ3v) is 2.49. The maximum atomic E-state index is 13.4. The Morgan fingerprint density at radius 2 is 2.06 bits per heavy atom. The molecule has 0 spiro atoms. The van der Waals surface area contributed by atoms with Gasteiger partial charge in [0, 0.05) is 12.6 Å². The van der Waals surface area contributed by atoms with Crippen molar-refractivity contribution >= 4 is 5.91 Å². The Labute approximate surface area is 102 Å². The first kappa shape index (κ1) is 14.3. The number of amides is 1. The van der Waals surface area contributed by atoms with E-state index in [2.05, 4.69) is 5.32 Å². The largest absolute Gasteiger partial charge is 0.503 e. The second kappa shape index (κ2) is 5.72. The molecule has 1 amide bonds. The summed E-state index contributed by atoms with van der Waals surface area (Å²) >= 11 is 0. The standard InChI is InChI=1S/C11H13F3N2O2/c1-2-5(4-15)16-11(18)6-3-7(12)9(14)10(17)8(6)13/h3,5,17H,2,4,15H2,1H3,(H,16,18). The molecule has 0 bridgehead atoms. The average Bonchev–Trinajstić information content (AvgIpc) is 2.37. The quantitative estimate of drug-likeness (QED) is 0.715. The Morgan fingerprint density at radius 1 is 1.44 bits per heavy atom. The first-order chi connectivity index (χ1) is 8.42. The van der Waals surface area contributed by atoms with Gasteiger partial charge < -0.3 is 16.2 Å². The van der Waals surface area contributed by atoms with Gasteiger partial charge in [-0.05, 0) is 12.5 Å². The van der Waals surface area contributed by atoms with E-state index in [1.807, 2.05) is 0 Å². The van der Waals surface area contributed by atoms with Crippen LogP contribution in [0.4, 0.5) is 13.2 Å². The molecular weight excluding hydrogens is 249 g/mol. The van der Waals surface area contributed by atoms with E-state index in [1.54, 1.807) is 6.92 Å². The molecule has 4 N–H and O–H groups in total. The van der Waals surface area contributed by atoms with Crippen LogP contribution in [0.2, 0.25) is 0 Å². The third-order valence-electron chi connectivity index (χ3n) is 2.49. The van der Waals surface area contributed by atoms with Gasteiger partial charge in [-0.2, -0.15) is 4.39 Å². The van der Waals surface area contributed by atoms with E-state index in [0.717, 1.165) is 0 Å². The van der Waals surface area contributed by atoms with Gasteiger partial charge in [-0.1, -0.05) is 6.92 Å². The molecule has 0 aliphatic carbocycles. The number of carbonyl (C=O) groups is 1. The number of phenols is 1. The van der Waals surface area contributed by atoms with E-state index in [-0.39, 0.29) is 6.54 Å². The van der Waals surface area contributed by atoms with Gasteiger partial charge in [-0.3, -0.25) is 4.79 Å². The van der Waals surface area contributed by atoms with Gasteiger partial charge in [0.1, 0.15) is 0 Å². The van der Waals surface area contributed by atoms with Gasteiger partial charge >= 0.3 is 0 Å². The van der Waals surface area contributed by atoms with Crippen molar-refractivity contribution < 1.29 is 23.1 Å². The number of rotatable bonds is 4.